The Labute approximate surface area is 743 Å². The average molecular weight is 1610 g/mol. The quantitative estimate of drug-likeness (QED) is 0.0338. The van der Waals surface area contributed by atoms with E-state index in [1.54, 1.807) is 0 Å². The summed E-state index contributed by atoms with van der Waals surface area (Å²) >= 11 is 0. The predicted octanol–water partition coefficient (Wildman–Crippen LogP) is 27.1. The number of anilines is 6. The number of rotatable bonds is 24. The maximum absolute atomic E-state index is 4.34. The zero-order valence-electron chi connectivity index (χ0n) is 70.0. The lowest BCUT2D eigenvalue weighted by atomic mass is 9.12. The molecule has 0 atom stereocenters. The fourth-order valence-corrected chi connectivity index (χ4v) is 20.2. The molecule has 0 N–H and O–H groups in total. The second kappa shape index (κ2) is 36.8. The molecule has 0 fully saturated rings. The molecule has 0 spiro atoms. The first-order valence-corrected chi connectivity index (χ1v) is 43.4. The number of para-hydroxylation sites is 4. The van der Waals surface area contributed by atoms with Gasteiger partial charge in [-0.15, -0.1) is 0 Å². The van der Waals surface area contributed by atoms with E-state index in [4.69, 9.17) is 0 Å². The van der Waals surface area contributed by atoms with Crippen molar-refractivity contribution in [2.24, 2.45) is 0 Å². The van der Waals surface area contributed by atoms with Gasteiger partial charge in [-0.1, -0.05) is 484 Å². The summed E-state index contributed by atoms with van der Waals surface area (Å²) in [6, 6.07) is 201. The second-order valence-electron chi connectivity index (χ2n) is 32.1. The van der Waals surface area contributed by atoms with Crippen molar-refractivity contribution in [2.75, 3.05) is 9.80 Å². The molecular weight excluding hydrogens is 1510 g/mol. The number of hydrogen-bond donors (Lipinski definition) is 0. The summed E-state index contributed by atoms with van der Waals surface area (Å²) in [6.07, 6.45) is 0. The summed E-state index contributed by atoms with van der Waals surface area (Å²) in [5.41, 5.74) is 24.6. The highest BCUT2D eigenvalue weighted by Crippen LogP contribution is 2.56. The van der Waals surface area contributed by atoms with Gasteiger partial charge >= 0.3 is 0 Å². The van der Waals surface area contributed by atoms with Crippen LogP contribution in [0.5, 0.6) is 0 Å². The Kier molecular flexibility index (Phi) is 23.3. The summed E-state index contributed by atoms with van der Waals surface area (Å²) in [6.45, 7) is -1.39. The molecule has 0 aliphatic carbocycles. The highest BCUT2D eigenvalue weighted by Gasteiger charge is 2.63. The van der Waals surface area contributed by atoms with Crippen molar-refractivity contribution in [3.8, 4) is 23.7 Å². The van der Waals surface area contributed by atoms with Crippen molar-refractivity contribution in [3.63, 3.8) is 0 Å². The van der Waals surface area contributed by atoms with E-state index < -0.39 is 34.7 Å². The van der Waals surface area contributed by atoms with Gasteiger partial charge in [-0.05, 0) is 164 Å². The topological polar surface area (TPSA) is 6.48 Å². The highest BCUT2D eigenvalue weighted by atomic mass is 15.1. The van der Waals surface area contributed by atoms with E-state index in [1.165, 1.54) is 0 Å². The Morgan fingerprint density at radius 2 is 0.278 bits per heavy atom. The van der Waals surface area contributed by atoms with E-state index in [9.17, 15) is 0 Å². The summed E-state index contributed by atoms with van der Waals surface area (Å²) in [7, 11) is 0. The standard InChI is InChI=1S/C122H90B2N2/c1-17-49-99(50-18-1)119(100-51-19-2-20-52-100,101-53-21-3-22-54-101)123(120(102-55-23-4-24-56-102,103-57-25-5-26-58-103)104-59-27-6-28-60-104)117-93-98(88-82-96-85-91-116(92-86-96)126(113-77-45-15-46-78-113)114-79-47-16-48-80-114)118(94-97(117)87-81-95-83-89-115(90-84-95)125(111-73-41-13-42-74-111)112-75-43-14-44-76-112)124(121(105-61-29-7-30-62-105,106-63-31-8-32-64-106)107-65-33-9-34-66-107)122(108-67-35-10-36-68-108,109-69-37-11-38-70-109)110-71-39-12-40-72-110/h1-80,83-86,89-94H. The SMILES string of the molecule is C(#Cc1cc(B(C(c2ccccc2)(c2ccccc2)c2ccccc2)C(c2ccccc2)(c2ccccc2)c2ccccc2)c(C#Cc2ccc(N(c3ccccc3)c3ccccc3)cc2)cc1B(C(c1ccccc1)(c1ccccc1)c1ccccc1)C(c1ccccc1)(c1ccccc1)c1ccccc1)c1ccc(N(c2ccccc2)c2ccccc2)cc1. The monoisotopic (exact) mass is 1600 g/mol. The van der Waals surface area contributed by atoms with Crippen LogP contribution < -0.4 is 20.7 Å². The minimum absolute atomic E-state index is 0.695. The van der Waals surface area contributed by atoms with Gasteiger partial charge in [-0.3, -0.25) is 0 Å². The molecule has 0 aliphatic rings. The zero-order chi connectivity index (χ0) is 84.6. The summed E-state index contributed by atoms with van der Waals surface area (Å²) in [5.74, 6) is 16.8. The van der Waals surface area contributed by atoms with Crippen LogP contribution in [-0.2, 0) is 21.3 Å². The number of nitrogens with zero attached hydrogens (tertiary/aromatic N) is 2. The molecule has 0 saturated carbocycles. The van der Waals surface area contributed by atoms with E-state index in [1.807, 2.05) is 0 Å². The first kappa shape index (κ1) is 79.8. The Bertz CT molecular complexity index is 5730. The van der Waals surface area contributed by atoms with Gasteiger partial charge in [0.1, 0.15) is 0 Å². The normalized spacial score (nSPS) is 11.4. The van der Waals surface area contributed by atoms with Crippen molar-refractivity contribution >= 4 is 58.5 Å². The molecule has 19 aromatic rings. The first-order chi connectivity index (χ1) is 62.5. The molecule has 0 unspecified atom stereocenters. The van der Waals surface area contributed by atoms with Gasteiger partial charge in [0.2, 0.25) is 13.4 Å². The first-order valence-electron chi connectivity index (χ1n) is 43.4. The van der Waals surface area contributed by atoms with E-state index in [0.717, 1.165) is 134 Å². The fraction of sp³-hybridized carbons (Fsp3) is 0.0328. The molecule has 19 rings (SSSR count). The molecular formula is C122H90B2N2. The lowest BCUT2D eigenvalue weighted by Gasteiger charge is -2.53. The van der Waals surface area contributed by atoms with Gasteiger partial charge in [0.05, 0.1) is 0 Å². The van der Waals surface area contributed by atoms with Crippen LogP contribution in [0, 0.1) is 23.7 Å². The van der Waals surface area contributed by atoms with Crippen molar-refractivity contribution < 1.29 is 0 Å². The van der Waals surface area contributed by atoms with Crippen molar-refractivity contribution in [2.45, 2.75) is 21.3 Å². The maximum Gasteiger partial charge on any atom is 0.220 e. The zero-order valence-corrected chi connectivity index (χ0v) is 70.0. The van der Waals surface area contributed by atoms with Crippen molar-refractivity contribution in [1.82, 2.24) is 0 Å². The van der Waals surface area contributed by atoms with Gasteiger partial charge in [0, 0.05) is 77.6 Å². The Hall–Kier alpha value is -16.0. The van der Waals surface area contributed by atoms with Gasteiger partial charge < -0.3 is 9.80 Å². The lowest BCUT2D eigenvalue weighted by molar-refractivity contribution is 0.758. The van der Waals surface area contributed by atoms with Crippen LogP contribution in [0.25, 0.3) is 0 Å². The van der Waals surface area contributed by atoms with Crippen LogP contribution in [0.3, 0.4) is 0 Å². The average Bonchev–Trinajstić information content (AvgIpc) is 0.682. The van der Waals surface area contributed by atoms with Gasteiger partial charge in [0.15, 0.2) is 0 Å². The Balaban J connectivity index is 1.05. The molecule has 0 heterocycles. The van der Waals surface area contributed by atoms with Crippen LogP contribution in [-0.4, -0.2) is 13.4 Å². The van der Waals surface area contributed by atoms with Crippen molar-refractivity contribution in [3.05, 3.63) is 635 Å². The van der Waals surface area contributed by atoms with Crippen molar-refractivity contribution in [1.29, 1.82) is 0 Å². The van der Waals surface area contributed by atoms with Crippen LogP contribution in [0.4, 0.5) is 34.1 Å². The summed E-state index contributed by atoms with van der Waals surface area (Å²) < 4.78 is 0. The molecule has 0 radical (unpaired) electrons. The third-order valence-corrected chi connectivity index (χ3v) is 25.3. The Morgan fingerprint density at radius 1 is 0.143 bits per heavy atom. The van der Waals surface area contributed by atoms with E-state index in [-0.39, 0.29) is 0 Å². The minimum atomic E-state index is -1.13. The number of hydrogen-bond acceptors (Lipinski definition) is 2. The fourth-order valence-electron chi connectivity index (χ4n) is 20.2. The molecule has 0 aromatic heterocycles. The predicted molar refractivity (Wildman–Crippen MR) is 528 cm³/mol. The minimum Gasteiger partial charge on any atom is -0.311 e. The van der Waals surface area contributed by atoms with Gasteiger partial charge in [-0.25, -0.2) is 0 Å². The smallest absolute Gasteiger partial charge is 0.220 e. The van der Waals surface area contributed by atoms with E-state index in [2.05, 4.69) is 579 Å². The summed E-state index contributed by atoms with van der Waals surface area (Å²) in [4.78, 5) is 4.63. The second-order valence-corrected chi connectivity index (χ2v) is 32.1. The molecule has 0 saturated heterocycles. The maximum atomic E-state index is 4.34. The van der Waals surface area contributed by atoms with Crippen LogP contribution in [0.1, 0.15) is 89.0 Å². The highest BCUT2D eigenvalue weighted by molar-refractivity contribution is 6.84. The molecule has 126 heavy (non-hydrogen) atoms. The van der Waals surface area contributed by atoms with E-state index in [0.29, 0.717) is 0 Å². The van der Waals surface area contributed by atoms with Crippen LogP contribution in [0.15, 0.2) is 546 Å². The molecule has 0 amide bonds. The molecule has 594 valence electrons. The molecule has 19 aromatic carbocycles. The molecule has 2 nitrogen and oxygen atoms in total. The molecule has 0 aliphatic heterocycles. The number of benzene rings is 19. The Morgan fingerprint density at radius 3 is 0.429 bits per heavy atom. The lowest BCUT2D eigenvalue weighted by Crippen LogP contribution is -2.67. The van der Waals surface area contributed by atoms with Crippen LogP contribution in [0.2, 0.25) is 0 Å². The third-order valence-electron chi connectivity index (χ3n) is 25.3. The largest absolute Gasteiger partial charge is 0.311 e. The molecule has 0 bridgehead atoms. The van der Waals surface area contributed by atoms with Gasteiger partial charge in [-0.2, -0.15) is 0 Å². The van der Waals surface area contributed by atoms with Gasteiger partial charge in [0.25, 0.3) is 0 Å². The van der Waals surface area contributed by atoms with Crippen LogP contribution >= 0.6 is 0 Å². The third kappa shape index (κ3) is 15.1. The molecule has 4 heteroatoms. The summed E-state index contributed by atoms with van der Waals surface area (Å²) in [5, 5.41) is -4.51. The van der Waals surface area contributed by atoms with E-state index >= 15 is 0 Å².